The lowest BCUT2D eigenvalue weighted by Gasteiger charge is -2.35. The lowest BCUT2D eigenvalue weighted by Crippen LogP contribution is -2.55. The van der Waals surface area contributed by atoms with Crippen LogP contribution in [0.5, 0.6) is 0 Å². The second-order valence-corrected chi connectivity index (χ2v) is 6.13. The third-order valence-corrected chi connectivity index (χ3v) is 4.54. The molecule has 0 amide bonds. The smallest absolute Gasteiger partial charge is 0.344 e. The van der Waals surface area contributed by atoms with E-state index in [-0.39, 0.29) is 12.8 Å². The molecule has 0 aromatic rings. The summed E-state index contributed by atoms with van der Waals surface area (Å²) >= 11 is -2.72. The van der Waals surface area contributed by atoms with Crippen molar-refractivity contribution in [1.29, 1.82) is 0 Å². The predicted molar refractivity (Wildman–Crippen MR) is 76.6 cm³/mol. The van der Waals surface area contributed by atoms with Crippen LogP contribution >= 0.6 is 0 Å². The summed E-state index contributed by atoms with van der Waals surface area (Å²) in [4.78, 5) is 22.8. The molecule has 2 fully saturated rings. The molecular formula is C13H18O10S. The predicted octanol–water partition coefficient (Wildman–Crippen LogP) is -1.56. The lowest BCUT2D eigenvalue weighted by atomic mass is 9.78. The first-order valence-corrected chi connectivity index (χ1v) is 8.04. The van der Waals surface area contributed by atoms with Crippen molar-refractivity contribution in [3.05, 3.63) is 12.7 Å². The minimum Gasteiger partial charge on any atom is -0.454 e. The topological polar surface area (TPSA) is 149 Å². The van der Waals surface area contributed by atoms with Crippen molar-refractivity contribution in [3.8, 4) is 0 Å². The average Bonchev–Trinajstić information content (AvgIpc) is 3.06. The highest BCUT2D eigenvalue weighted by Crippen LogP contribution is 2.53. The Kier molecular flexibility index (Phi) is 5.73. The van der Waals surface area contributed by atoms with Crippen LogP contribution in [0.15, 0.2) is 12.7 Å². The minimum absolute atomic E-state index is 0.241. The fraction of sp³-hybridized carbons (Fsp3) is 0.692. The van der Waals surface area contributed by atoms with Crippen LogP contribution in [0.4, 0.5) is 0 Å². The van der Waals surface area contributed by atoms with E-state index in [1.165, 1.54) is 0 Å². The zero-order valence-electron chi connectivity index (χ0n) is 12.6. The van der Waals surface area contributed by atoms with Crippen molar-refractivity contribution >= 4 is 23.3 Å². The maximum absolute atomic E-state index is 11.9. The molecule has 0 saturated carbocycles. The molecule has 5 unspecified atom stereocenters. The van der Waals surface area contributed by atoms with E-state index in [0.717, 1.165) is 6.08 Å². The first kappa shape index (κ1) is 19.0. The molecule has 2 aliphatic heterocycles. The standard InChI is InChI=1S/C13H18O10S/c1-2-8(16)20-5-9(17)21-10-11(22-24(18)19)13(7-15)4-3-12(10,6-14)23-13/h2,10-11,14-15H,1,3-7H2,(H,18,19). The molecule has 0 aromatic heterocycles. The third-order valence-electron chi connectivity index (χ3n) is 4.17. The minimum atomic E-state index is -2.72. The summed E-state index contributed by atoms with van der Waals surface area (Å²) in [5.41, 5.74) is -2.74. The monoisotopic (exact) mass is 366 g/mol. The fourth-order valence-electron chi connectivity index (χ4n) is 3.05. The number of aliphatic hydroxyl groups excluding tert-OH is 2. The molecule has 0 spiro atoms. The Bertz CT molecular complexity index is 551. The van der Waals surface area contributed by atoms with E-state index >= 15 is 0 Å². The van der Waals surface area contributed by atoms with Crippen LogP contribution < -0.4 is 0 Å². The van der Waals surface area contributed by atoms with Gasteiger partial charge in [-0.15, -0.1) is 0 Å². The third kappa shape index (κ3) is 3.36. The molecule has 136 valence electrons. The molecule has 0 aliphatic carbocycles. The number of ether oxygens (including phenoxy) is 3. The maximum Gasteiger partial charge on any atom is 0.344 e. The van der Waals surface area contributed by atoms with E-state index in [9.17, 15) is 24.0 Å². The summed E-state index contributed by atoms with van der Waals surface area (Å²) in [6.07, 6.45) is -1.18. The molecule has 0 radical (unpaired) electrons. The second kappa shape index (κ2) is 7.25. The Hall–Kier alpha value is -1.37. The molecule has 5 atom stereocenters. The van der Waals surface area contributed by atoms with Gasteiger partial charge in [0.25, 0.3) is 0 Å². The molecule has 3 N–H and O–H groups in total. The van der Waals surface area contributed by atoms with Crippen molar-refractivity contribution in [2.45, 2.75) is 36.3 Å². The maximum atomic E-state index is 11.9. The molecule has 2 rings (SSSR count). The summed E-state index contributed by atoms with van der Waals surface area (Å²) in [6, 6.07) is 0. The van der Waals surface area contributed by atoms with Crippen LogP contribution in [0.1, 0.15) is 12.8 Å². The Labute approximate surface area is 139 Å². The normalized spacial score (nSPS) is 35.5. The summed E-state index contributed by atoms with van der Waals surface area (Å²) < 4.78 is 40.2. The van der Waals surface area contributed by atoms with Crippen molar-refractivity contribution in [2.75, 3.05) is 19.8 Å². The number of fused-ring (bicyclic) bond motifs is 2. The molecule has 2 heterocycles. The SMILES string of the molecule is C=CC(=O)OCC(=O)OC1C(OS(=O)O)C2(CO)CCC1(CO)O2. The van der Waals surface area contributed by atoms with E-state index in [4.69, 9.17) is 18.2 Å². The van der Waals surface area contributed by atoms with E-state index in [1.54, 1.807) is 0 Å². The van der Waals surface area contributed by atoms with Gasteiger partial charge in [0.15, 0.2) is 12.7 Å². The highest BCUT2D eigenvalue weighted by Gasteiger charge is 2.70. The van der Waals surface area contributed by atoms with Crippen molar-refractivity contribution in [3.63, 3.8) is 0 Å². The van der Waals surface area contributed by atoms with Crippen LogP contribution in [0.3, 0.4) is 0 Å². The van der Waals surface area contributed by atoms with Gasteiger partial charge in [-0.2, -0.15) is 4.21 Å². The number of carbonyl (C=O) groups excluding carboxylic acids is 2. The van der Waals surface area contributed by atoms with E-state index < -0.39 is 66.5 Å². The van der Waals surface area contributed by atoms with Crippen molar-refractivity contribution in [1.82, 2.24) is 0 Å². The Morgan fingerprint density at radius 2 is 1.83 bits per heavy atom. The van der Waals surface area contributed by atoms with Crippen LogP contribution in [-0.2, 0) is 39.3 Å². The molecule has 24 heavy (non-hydrogen) atoms. The molecule has 11 heteroatoms. The van der Waals surface area contributed by atoms with Crippen LogP contribution in [0.25, 0.3) is 0 Å². The van der Waals surface area contributed by atoms with Crippen LogP contribution in [0, 0.1) is 0 Å². The number of carbonyl (C=O) groups is 2. The zero-order valence-corrected chi connectivity index (χ0v) is 13.4. The summed E-state index contributed by atoms with van der Waals surface area (Å²) in [6.45, 7) is 1.34. The molecule has 2 aliphatic rings. The highest BCUT2D eigenvalue weighted by atomic mass is 32.2. The first-order valence-electron chi connectivity index (χ1n) is 7.01. The molecular weight excluding hydrogens is 348 g/mol. The summed E-state index contributed by atoms with van der Waals surface area (Å²) in [5.74, 6) is -1.80. The Balaban J connectivity index is 2.17. The Morgan fingerprint density at radius 1 is 1.25 bits per heavy atom. The number of esters is 2. The largest absolute Gasteiger partial charge is 0.454 e. The van der Waals surface area contributed by atoms with Gasteiger partial charge in [-0.3, -0.25) is 8.74 Å². The van der Waals surface area contributed by atoms with E-state index in [0.29, 0.717) is 0 Å². The van der Waals surface area contributed by atoms with Crippen LogP contribution in [0.2, 0.25) is 0 Å². The summed E-state index contributed by atoms with van der Waals surface area (Å²) in [7, 11) is 0. The number of hydrogen-bond acceptors (Lipinski definition) is 9. The molecule has 0 aromatic carbocycles. The number of rotatable bonds is 8. The van der Waals surface area contributed by atoms with E-state index in [2.05, 4.69) is 11.3 Å². The zero-order chi connectivity index (χ0) is 18.0. The van der Waals surface area contributed by atoms with Crippen molar-refractivity contribution < 1.29 is 47.0 Å². The van der Waals surface area contributed by atoms with Crippen LogP contribution in [-0.4, -0.2) is 74.1 Å². The first-order chi connectivity index (χ1) is 11.3. The van der Waals surface area contributed by atoms with Crippen molar-refractivity contribution in [2.24, 2.45) is 0 Å². The van der Waals surface area contributed by atoms with Gasteiger partial charge in [0.1, 0.15) is 17.3 Å². The van der Waals surface area contributed by atoms with Gasteiger partial charge >= 0.3 is 23.3 Å². The van der Waals surface area contributed by atoms with Gasteiger partial charge in [0.05, 0.1) is 13.2 Å². The van der Waals surface area contributed by atoms with Gasteiger partial charge in [0.2, 0.25) is 0 Å². The second-order valence-electron chi connectivity index (χ2n) is 5.50. The molecule has 2 saturated heterocycles. The quantitative estimate of drug-likeness (QED) is 0.261. The number of aliphatic hydroxyl groups is 2. The van der Waals surface area contributed by atoms with Gasteiger partial charge in [0, 0.05) is 6.08 Å². The highest BCUT2D eigenvalue weighted by molar-refractivity contribution is 7.74. The van der Waals surface area contributed by atoms with E-state index in [1.807, 2.05) is 0 Å². The Morgan fingerprint density at radius 3 is 2.33 bits per heavy atom. The molecule has 2 bridgehead atoms. The summed E-state index contributed by atoms with van der Waals surface area (Å²) in [5, 5.41) is 19.3. The molecule has 10 nitrogen and oxygen atoms in total. The van der Waals surface area contributed by atoms with Gasteiger partial charge in [-0.05, 0) is 12.8 Å². The lowest BCUT2D eigenvalue weighted by molar-refractivity contribution is -0.172. The van der Waals surface area contributed by atoms with Gasteiger partial charge in [-0.25, -0.2) is 9.59 Å². The number of hydrogen-bond donors (Lipinski definition) is 3. The van der Waals surface area contributed by atoms with Gasteiger partial charge < -0.3 is 24.4 Å². The average molecular weight is 366 g/mol. The van der Waals surface area contributed by atoms with Gasteiger partial charge in [-0.1, -0.05) is 6.58 Å². The fourth-order valence-corrected chi connectivity index (χ4v) is 3.50.